The van der Waals surface area contributed by atoms with E-state index in [1.54, 1.807) is 12.4 Å². The van der Waals surface area contributed by atoms with E-state index in [0.29, 0.717) is 23.1 Å². The number of rotatable bonds is 3. The third kappa shape index (κ3) is 2.40. The topological polar surface area (TPSA) is 43.8 Å². The molecule has 2 N–H and O–H groups in total. The summed E-state index contributed by atoms with van der Waals surface area (Å²) in [6, 6.07) is 7.75. The van der Waals surface area contributed by atoms with Gasteiger partial charge in [0.2, 0.25) is 0 Å². The smallest absolute Gasteiger partial charge is 0.0639 e. The van der Waals surface area contributed by atoms with Crippen LogP contribution in [0.15, 0.2) is 42.9 Å². The van der Waals surface area contributed by atoms with Crippen molar-refractivity contribution in [3.05, 3.63) is 64.0 Å². The van der Waals surface area contributed by atoms with Gasteiger partial charge in [-0.15, -0.1) is 0 Å². The lowest BCUT2D eigenvalue weighted by atomic mass is 10.2. The van der Waals surface area contributed by atoms with E-state index in [1.807, 2.05) is 24.3 Å². The molecular formula is C15H13Cl2N3. The van der Waals surface area contributed by atoms with Gasteiger partial charge in [-0.3, -0.25) is 4.98 Å². The van der Waals surface area contributed by atoms with Crippen LogP contribution in [0.1, 0.15) is 11.1 Å². The Morgan fingerprint density at radius 3 is 2.75 bits per heavy atom. The molecule has 0 radical (unpaired) electrons. The first-order valence-electron chi connectivity index (χ1n) is 6.25. The molecular weight excluding hydrogens is 293 g/mol. The summed E-state index contributed by atoms with van der Waals surface area (Å²) >= 11 is 12.3. The van der Waals surface area contributed by atoms with Gasteiger partial charge < -0.3 is 10.3 Å². The lowest BCUT2D eigenvalue weighted by molar-refractivity contribution is 0.828. The molecule has 5 heteroatoms. The van der Waals surface area contributed by atoms with Gasteiger partial charge >= 0.3 is 0 Å². The van der Waals surface area contributed by atoms with Crippen molar-refractivity contribution in [1.82, 2.24) is 9.55 Å². The predicted octanol–water partition coefficient (Wildman–Crippen LogP) is 3.85. The van der Waals surface area contributed by atoms with Gasteiger partial charge in [0.1, 0.15) is 0 Å². The summed E-state index contributed by atoms with van der Waals surface area (Å²) in [6.07, 6.45) is 5.45. The van der Waals surface area contributed by atoms with Crippen molar-refractivity contribution in [1.29, 1.82) is 0 Å². The zero-order valence-corrected chi connectivity index (χ0v) is 12.2. The lowest BCUT2D eigenvalue weighted by Crippen LogP contribution is -1.99. The molecule has 3 nitrogen and oxygen atoms in total. The van der Waals surface area contributed by atoms with E-state index in [2.05, 4.69) is 15.7 Å². The summed E-state index contributed by atoms with van der Waals surface area (Å²) in [5.74, 6) is 0. The number of aromatic nitrogens is 2. The maximum atomic E-state index is 6.17. The molecule has 0 fully saturated rings. The molecule has 102 valence electrons. The van der Waals surface area contributed by atoms with E-state index < -0.39 is 0 Å². The van der Waals surface area contributed by atoms with Crippen LogP contribution < -0.4 is 5.73 Å². The van der Waals surface area contributed by atoms with Gasteiger partial charge in [-0.2, -0.15) is 0 Å². The highest BCUT2D eigenvalue weighted by Crippen LogP contribution is 2.26. The molecule has 0 aliphatic carbocycles. The van der Waals surface area contributed by atoms with E-state index >= 15 is 0 Å². The molecule has 0 aliphatic heterocycles. The molecule has 20 heavy (non-hydrogen) atoms. The average molecular weight is 306 g/mol. The van der Waals surface area contributed by atoms with Gasteiger partial charge in [-0.1, -0.05) is 29.3 Å². The highest BCUT2D eigenvalue weighted by Gasteiger charge is 2.09. The minimum absolute atomic E-state index is 0.495. The minimum Gasteiger partial charge on any atom is -0.343 e. The number of fused-ring (bicyclic) bond motifs is 1. The predicted molar refractivity (Wildman–Crippen MR) is 83.2 cm³/mol. The zero-order valence-electron chi connectivity index (χ0n) is 10.7. The molecule has 0 saturated carbocycles. The summed E-state index contributed by atoms with van der Waals surface area (Å²) < 4.78 is 2.12. The fourth-order valence-corrected chi connectivity index (χ4v) is 2.70. The highest BCUT2D eigenvalue weighted by molar-refractivity contribution is 6.31. The summed E-state index contributed by atoms with van der Waals surface area (Å²) in [7, 11) is 0. The number of hydrogen-bond donors (Lipinski definition) is 1. The second kappa shape index (κ2) is 5.44. The standard InChI is InChI=1S/C15H13Cl2N3/c16-12-1-2-13-11(6-18)9-20(15(13)5-12)8-10-3-4-19-7-14(10)17/h1-5,7,9H,6,8,18H2. The number of nitrogens with two attached hydrogens (primary N) is 1. The molecule has 0 unspecified atom stereocenters. The maximum Gasteiger partial charge on any atom is 0.0639 e. The molecule has 0 aliphatic rings. The van der Waals surface area contributed by atoms with Crippen LogP contribution in [-0.2, 0) is 13.1 Å². The van der Waals surface area contributed by atoms with Crippen molar-refractivity contribution in [2.45, 2.75) is 13.1 Å². The van der Waals surface area contributed by atoms with Crippen LogP contribution in [0, 0.1) is 0 Å². The van der Waals surface area contributed by atoms with Crippen LogP contribution in [0.4, 0.5) is 0 Å². The van der Waals surface area contributed by atoms with Crippen LogP contribution in [0.3, 0.4) is 0 Å². The molecule has 0 amide bonds. The van der Waals surface area contributed by atoms with Gasteiger partial charge in [0, 0.05) is 42.1 Å². The number of nitrogens with zero attached hydrogens (tertiary/aromatic N) is 2. The Balaban J connectivity index is 2.12. The molecule has 0 bridgehead atoms. The second-order valence-corrected chi connectivity index (χ2v) is 5.46. The molecule has 3 aromatic rings. The monoisotopic (exact) mass is 305 g/mol. The van der Waals surface area contributed by atoms with E-state index in [-0.39, 0.29) is 0 Å². The fourth-order valence-electron chi connectivity index (χ4n) is 2.35. The largest absolute Gasteiger partial charge is 0.343 e. The van der Waals surface area contributed by atoms with E-state index in [0.717, 1.165) is 22.0 Å². The minimum atomic E-state index is 0.495. The SMILES string of the molecule is NCc1cn(Cc2ccncc2Cl)c2cc(Cl)ccc12. The summed E-state index contributed by atoms with van der Waals surface area (Å²) in [5, 5.41) is 2.49. The van der Waals surface area contributed by atoms with Crippen molar-refractivity contribution >= 4 is 34.1 Å². The Bertz CT molecular complexity index is 765. The Morgan fingerprint density at radius 1 is 1.15 bits per heavy atom. The number of benzene rings is 1. The third-order valence-electron chi connectivity index (χ3n) is 3.34. The second-order valence-electron chi connectivity index (χ2n) is 4.61. The Hall–Kier alpha value is -1.55. The van der Waals surface area contributed by atoms with E-state index in [9.17, 15) is 0 Å². The number of hydrogen-bond acceptors (Lipinski definition) is 2. The summed E-state index contributed by atoms with van der Waals surface area (Å²) in [5.41, 5.74) is 8.98. The van der Waals surface area contributed by atoms with E-state index in [1.165, 1.54) is 0 Å². The van der Waals surface area contributed by atoms with Crippen molar-refractivity contribution in [3.63, 3.8) is 0 Å². The van der Waals surface area contributed by atoms with Crippen molar-refractivity contribution in [2.75, 3.05) is 0 Å². The first-order chi connectivity index (χ1) is 9.69. The van der Waals surface area contributed by atoms with Gasteiger partial charge in [0.15, 0.2) is 0 Å². The molecule has 1 aromatic carbocycles. The van der Waals surface area contributed by atoms with Crippen molar-refractivity contribution < 1.29 is 0 Å². The van der Waals surface area contributed by atoms with E-state index in [4.69, 9.17) is 28.9 Å². The van der Waals surface area contributed by atoms with Gasteiger partial charge in [0.25, 0.3) is 0 Å². The van der Waals surface area contributed by atoms with Crippen LogP contribution in [0.25, 0.3) is 10.9 Å². The Morgan fingerprint density at radius 2 is 2.00 bits per heavy atom. The molecule has 2 heterocycles. The first-order valence-corrected chi connectivity index (χ1v) is 7.00. The summed E-state index contributed by atoms with van der Waals surface area (Å²) in [4.78, 5) is 4.00. The molecule has 0 spiro atoms. The van der Waals surface area contributed by atoms with Crippen molar-refractivity contribution in [3.8, 4) is 0 Å². The lowest BCUT2D eigenvalue weighted by Gasteiger charge is -2.07. The number of halogens is 2. The molecule has 0 saturated heterocycles. The first kappa shape index (κ1) is 13.4. The summed E-state index contributed by atoms with van der Waals surface area (Å²) in [6.45, 7) is 1.16. The Kier molecular flexibility index (Phi) is 3.66. The molecule has 2 aromatic heterocycles. The van der Waals surface area contributed by atoms with Gasteiger partial charge in [0.05, 0.1) is 10.5 Å². The average Bonchev–Trinajstić information content (AvgIpc) is 2.79. The Labute approximate surface area is 126 Å². The van der Waals surface area contributed by atoms with Crippen LogP contribution in [-0.4, -0.2) is 9.55 Å². The quantitative estimate of drug-likeness (QED) is 0.798. The fraction of sp³-hybridized carbons (Fsp3) is 0.133. The number of pyridine rings is 1. The maximum absolute atomic E-state index is 6.17. The van der Waals surface area contributed by atoms with Crippen molar-refractivity contribution in [2.24, 2.45) is 5.73 Å². The van der Waals surface area contributed by atoms with Gasteiger partial charge in [-0.05, 0) is 29.3 Å². The van der Waals surface area contributed by atoms with Crippen LogP contribution in [0.5, 0.6) is 0 Å². The zero-order chi connectivity index (χ0) is 14.1. The van der Waals surface area contributed by atoms with Crippen LogP contribution >= 0.6 is 23.2 Å². The third-order valence-corrected chi connectivity index (χ3v) is 3.92. The van der Waals surface area contributed by atoms with Gasteiger partial charge in [-0.25, -0.2) is 0 Å². The highest BCUT2D eigenvalue weighted by atomic mass is 35.5. The normalized spacial score (nSPS) is 11.2. The molecule has 3 rings (SSSR count). The molecule has 0 atom stereocenters. The van der Waals surface area contributed by atoms with Crippen LogP contribution in [0.2, 0.25) is 10.0 Å².